The Morgan fingerprint density at radius 1 is 0.941 bits per heavy atom. The quantitative estimate of drug-likeness (QED) is 0.569. The van der Waals surface area contributed by atoms with Crippen LogP contribution in [0.25, 0.3) is 0 Å². The number of fused-ring (bicyclic) bond motifs is 1. The van der Waals surface area contributed by atoms with Crippen molar-refractivity contribution in [2.24, 2.45) is 0 Å². The molecule has 7 nitrogen and oxygen atoms in total. The van der Waals surface area contributed by atoms with Crippen LogP contribution in [0.4, 0.5) is 33.7 Å². The molecule has 0 spiro atoms. The van der Waals surface area contributed by atoms with E-state index in [1.165, 1.54) is 34.3 Å². The molecule has 3 amide bonds. The highest BCUT2D eigenvalue weighted by molar-refractivity contribution is 6.03. The van der Waals surface area contributed by atoms with Crippen molar-refractivity contribution in [3.8, 4) is 0 Å². The fourth-order valence-electron chi connectivity index (χ4n) is 3.59. The first-order valence-corrected chi connectivity index (χ1v) is 10.1. The maximum Gasteiger partial charge on any atom is 0.343 e. The molecule has 4 rings (SSSR count). The SMILES string of the molecule is CN1C(=O)N(Cc2ccncc2F)c2cc(C(=O)NCc3c(F)cc(F)cc3F)ccc2N1C. The average Bonchev–Trinajstić information content (AvgIpc) is 2.80. The summed E-state index contributed by atoms with van der Waals surface area (Å²) < 4.78 is 55.1. The fourth-order valence-corrected chi connectivity index (χ4v) is 3.59. The number of nitrogens with zero attached hydrogens (tertiary/aromatic N) is 4. The zero-order valence-corrected chi connectivity index (χ0v) is 18.2. The lowest BCUT2D eigenvalue weighted by atomic mass is 10.1. The first-order chi connectivity index (χ1) is 16.2. The second kappa shape index (κ2) is 9.00. The second-order valence-electron chi connectivity index (χ2n) is 7.62. The lowest BCUT2D eigenvalue weighted by Gasteiger charge is -2.42. The van der Waals surface area contributed by atoms with E-state index < -0.39 is 47.3 Å². The standard InChI is InChI=1S/C23H19F4N5O2/c1-30-20-4-3-13(22(33)29-10-16-17(25)8-15(24)9-18(16)26)7-21(20)32(23(34)31(30)2)12-14-5-6-28-11-19(14)27/h3-9,11H,10,12H2,1-2H3,(H,29,33). The van der Waals surface area contributed by atoms with Gasteiger partial charge in [-0.1, -0.05) is 0 Å². The summed E-state index contributed by atoms with van der Waals surface area (Å²) in [6, 6.07) is 6.55. The molecule has 1 aliphatic heterocycles. The van der Waals surface area contributed by atoms with Crippen LogP contribution in [0.2, 0.25) is 0 Å². The molecule has 0 bridgehead atoms. The molecule has 0 aliphatic carbocycles. The molecular formula is C23H19F4N5O2. The van der Waals surface area contributed by atoms with Crippen molar-refractivity contribution >= 4 is 23.3 Å². The van der Waals surface area contributed by atoms with E-state index in [0.29, 0.717) is 23.5 Å². The highest BCUT2D eigenvalue weighted by Crippen LogP contribution is 2.36. The summed E-state index contributed by atoms with van der Waals surface area (Å²) in [6.07, 6.45) is 2.44. The van der Waals surface area contributed by atoms with Gasteiger partial charge in [-0.2, -0.15) is 0 Å². The number of nitrogens with one attached hydrogen (secondary N) is 1. The maximum atomic E-state index is 14.2. The summed E-state index contributed by atoms with van der Waals surface area (Å²) in [7, 11) is 3.20. The largest absolute Gasteiger partial charge is 0.348 e. The predicted octanol–water partition coefficient (Wildman–Crippen LogP) is 3.99. The van der Waals surface area contributed by atoms with Crippen molar-refractivity contribution in [1.82, 2.24) is 15.3 Å². The third kappa shape index (κ3) is 4.24. The Bertz CT molecular complexity index is 1260. The second-order valence-corrected chi connectivity index (χ2v) is 7.62. The number of benzene rings is 2. The normalized spacial score (nSPS) is 13.2. The van der Waals surface area contributed by atoms with Crippen molar-refractivity contribution in [3.05, 3.63) is 88.8 Å². The highest BCUT2D eigenvalue weighted by Gasteiger charge is 2.33. The van der Waals surface area contributed by atoms with E-state index in [1.54, 1.807) is 25.2 Å². The summed E-state index contributed by atoms with van der Waals surface area (Å²) >= 11 is 0. The number of hydrogen-bond donors (Lipinski definition) is 1. The molecule has 0 unspecified atom stereocenters. The first kappa shape index (κ1) is 23.0. The van der Waals surface area contributed by atoms with Crippen LogP contribution in [-0.4, -0.2) is 36.0 Å². The third-order valence-corrected chi connectivity index (χ3v) is 5.55. The minimum absolute atomic E-state index is 0.104. The van der Waals surface area contributed by atoms with Gasteiger partial charge in [0.15, 0.2) is 0 Å². The van der Waals surface area contributed by atoms with Gasteiger partial charge in [0.05, 0.1) is 24.1 Å². The Labute approximate surface area is 192 Å². The summed E-state index contributed by atoms with van der Waals surface area (Å²) in [4.78, 5) is 30.7. The van der Waals surface area contributed by atoms with Gasteiger partial charge in [-0.3, -0.25) is 19.7 Å². The van der Waals surface area contributed by atoms with E-state index in [-0.39, 0.29) is 17.7 Å². The molecule has 34 heavy (non-hydrogen) atoms. The Kier molecular flexibility index (Phi) is 6.10. The van der Waals surface area contributed by atoms with Crippen molar-refractivity contribution in [2.45, 2.75) is 13.1 Å². The minimum atomic E-state index is -1.12. The van der Waals surface area contributed by atoms with Gasteiger partial charge in [0.2, 0.25) is 0 Å². The average molecular weight is 473 g/mol. The molecule has 11 heteroatoms. The van der Waals surface area contributed by atoms with Crippen LogP contribution in [0.3, 0.4) is 0 Å². The van der Waals surface area contributed by atoms with Crippen LogP contribution in [0.1, 0.15) is 21.5 Å². The number of urea groups is 1. The summed E-state index contributed by atoms with van der Waals surface area (Å²) in [5.41, 5.74) is 0.758. The third-order valence-electron chi connectivity index (χ3n) is 5.55. The molecule has 1 aromatic heterocycles. The molecule has 0 fully saturated rings. The van der Waals surface area contributed by atoms with Crippen LogP contribution in [0.15, 0.2) is 48.8 Å². The molecule has 2 aromatic carbocycles. The molecule has 1 aliphatic rings. The number of aromatic nitrogens is 1. The molecule has 0 radical (unpaired) electrons. The lowest BCUT2D eigenvalue weighted by molar-refractivity contribution is 0.0950. The molecule has 0 saturated heterocycles. The Balaban J connectivity index is 1.63. The number of pyridine rings is 1. The molecule has 0 atom stereocenters. The zero-order valence-electron chi connectivity index (χ0n) is 18.2. The van der Waals surface area contributed by atoms with Gasteiger partial charge in [0.1, 0.15) is 23.3 Å². The van der Waals surface area contributed by atoms with Gasteiger partial charge in [-0.25, -0.2) is 27.4 Å². The topological polar surface area (TPSA) is 68.8 Å². The van der Waals surface area contributed by atoms with E-state index in [9.17, 15) is 27.2 Å². The Morgan fingerprint density at radius 2 is 1.65 bits per heavy atom. The van der Waals surface area contributed by atoms with Crippen LogP contribution >= 0.6 is 0 Å². The van der Waals surface area contributed by atoms with E-state index >= 15 is 0 Å². The van der Waals surface area contributed by atoms with E-state index in [0.717, 1.165) is 6.20 Å². The van der Waals surface area contributed by atoms with Gasteiger partial charge in [0, 0.05) is 55.7 Å². The van der Waals surface area contributed by atoms with E-state index in [1.807, 2.05) is 0 Å². The van der Waals surface area contributed by atoms with Crippen LogP contribution in [0.5, 0.6) is 0 Å². The zero-order chi connectivity index (χ0) is 24.6. The summed E-state index contributed by atoms with van der Waals surface area (Å²) in [6.45, 7) is -0.628. The monoisotopic (exact) mass is 473 g/mol. The fraction of sp³-hybridized carbons (Fsp3) is 0.174. The smallest absolute Gasteiger partial charge is 0.343 e. The number of hydrazine groups is 1. The molecular weight excluding hydrogens is 454 g/mol. The van der Waals surface area contributed by atoms with Crippen LogP contribution in [0, 0.1) is 23.3 Å². The number of hydrogen-bond acceptors (Lipinski definition) is 4. The minimum Gasteiger partial charge on any atom is -0.348 e. The molecule has 176 valence electrons. The van der Waals surface area contributed by atoms with Crippen LogP contribution in [-0.2, 0) is 13.1 Å². The molecule has 1 N–H and O–H groups in total. The van der Waals surface area contributed by atoms with Gasteiger partial charge in [0.25, 0.3) is 5.91 Å². The molecule has 2 heterocycles. The van der Waals surface area contributed by atoms with Gasteiger partial charge in [-0.15, -0.1) is 0 Å². The summed E-state index contributed by atoms with van der Waals surface area (Å²) in [5, 5.41) is 5.30. The highest BCUT2D eigenvalue weighted by atomic mass is 19.1. The van der Waals surface area contributed by atoms with E-state index in [2.05, 4.69) is 10.3 Å². The van der Waals surface area contributed by atoms with Gasteiger partial charge >= 0.3 is 6.03 Å². The van der Waals surface area contributed by atoms with Crippen LogP contribution < -0.4 is 15.2 Å². The van der Waals surface area contributed by atoms with E-state index in [4.69, 9.17) is 0 Å². The Morgan fingerprint density at radius 3 is 2.32 bits per heavy atom. The first-order valence-electron chi connectivity index (χ1n) is 10.1. The number of carbonyl (C=O) groups excluding carboxylic acids is 2. The maximum absolute atomic E-state index is 14.2. The van der Waals surface area contributed by atoms with Crippen molar-refractivity contribution in [3.63, 3.8) is 0 Å². The number of carbonyl (C=O) groups is 2. The molecule has 3 aromatic rings. The number of rotatable bonds is 5. The van der Waals surface area contributed by atoms with Gasteiger partial charge < -0.3 is 5.32 Å². The lowest BCUT2D eigenvalue weighted by Crippen LogP contribution is -2.53. The number of anilines is 2. The van der Waals surface area contributed by atoms with Crippen molar-refractivity contribution in [1.29, 1.82) is 0 Å². The van der Waals surface area contributed by atoms with Crippen molar-refractivity contribution in [2.75, 3.05) is 24.0 Å². The Hall–Kier alpha value is -4.15. The summed E-state index contributed by atoms with van der Waals surface area (Å²) in [5.74, 6) is -4.57. The number of halogens is 4. The number of amides is 3. The molecule has 0 saturated carbocycles. The predicted molar refractivity (Wildman–Crippen MR) is 116 cm³/mol. The van der Waals surface area contributed by atoms with Gasteiger partial charge in [-0.05, 0) is 24.3 Å². The van der Waals surface area contributed by atoms with Crippen molar-refractivity contribution < 1.29 is 27.2 Å².